The molecule has 0 spiro atoms. The van der Waals surface area contributed by atoms with E-state index in [1.165, 1.54) is 11.3 Å². The number of thiophene rings is 1. The monoisotopic (exact) mass is 432 g/mol. The average molecular weight is 433 g/mol. The molecule has 0 unspecified atom stereocenters. The molecule has 1 aromatic carbocycles. The topological polar surface area (TPSA) is 85.1 Å². The van der Waals surface area contributed by atoms with E-state index in [1.807, 2.05) is 67.8 Å². The molecule has 0 aliphatic carbocycles. The quantitative estimate of drug-likeness (QED) is 0.439. The number of rotatable bonds is 4. The van der Waals surface area contributed by atoms with Gasteiger partial charge in [-0.15, -0.1) is 32.9 Å². The Morgan fingerprint density at radius 2 is 1.87 bits per heavy atom. The molecule has 0 bridgehead atoms. The zero-order valence-corrected chi connectivity index (χ0v) is 17.8. The second-order valence-corrected chi connectivity index (χ2v) is 8.82. The lowest BCUT2D eigenvalue weighted by Crippen LogP contribution is -2.11. The fourth-order valence-corrected chi connectivity index (χ4v) is 4.67. The summed E-state index contributed by atoms with van der Waals surface area (Å²) in [5.74, 6) is 0.580. The number of nitrogens with zero attached hydrogens (tertiary/aromatic N) is 5. The summed E-state index contributed by atoms with van der Waals surface area (Å²) in [6, 6.07) is 15.4. The number of amides is 1. The van der Waals surface area contributed by atoms with Gasteiger partial charge in [0.15, 0.2) is 11.5 Å². The van der Waals surface area contributed by atoms with E-state index in [0.29, 0.717) is 10.5 Å². The molecule has 5 rings (SSSR count). The summed E-state index contributed by atoms with van der Waals surface area (Å²) >= 11 is 3.00. The van der Waals surface area contributed by atoms with Crippen LogP contribution in [0.5, 0.6) is 0 Å². The molecule has 1 N–H and O–H groups in total. The lowest BCUT2D eigenvalue weighted by molar-refractivity contribution is 0.103. The van der Waals surface area contributed by atoms with Gasteiger partial charge in [-0.2, -0.15) is 9.61 Å². The standard InChI is InChI=1S/C21H16N6OS2/c1-12-19(30-13(2)22-12)21(28)23-15-7-5-14(6-8-15)16-9-10-18-24-25-20(27(18)26-16)17-4-3-11-29-17/h3-11H,1-2H3,(H,23,28). The lowest BCUT2D eigenvalue weighted by atomic mass is 10.1. The Morgan fingerprint density at radius 1 is 1.03 bits per heavy atom. The van der Waals surface area contributed by atoms with E-state index < -0.39 is 0 Å². The molecule has 0 saturated heterocycles. The van der Waals surface area contributed by atoms with Gasteiger partial charge in [0.25, 0.3) is 5.91 Å². The predicted molar refractivity (Wildman–Crippen MR) is 119 cm³/mol. The van der Waals surface area contributed by atoms with Gasteiger partial charge >= 0.3 is 0 Å². The van der Waals surface area contributed by atoms with Crippen LogP contribution in [0, 0.1) is 13.8 Å². The van der Waals surface area contributed by atoms with Gasteiger partial charge in [-0.05, 0) is 49.6 Å². The number of hydrogen-bond acceptors (Lipinski definition) is 7. The highest BCUT2D eigenvalue weighted by Crippen LogP contribution is 2.25. The summed E-state index contributed by atoms with van der Waals surface area (Å²) < 4.78 is 1.76. The summed E-state index contributed by atoms with van der Waals surface area (Å²) in [6.45, 7) is 3.74. The summed E-state index contributed by atoms with van der Waals surface area (Å²) in [4.78, 5) is 18.5. The van der Waals surface area contributed by atoms with Crippen molar-refractivity contribution >= 4 is 39.9 Å². The molecule has 0 aliphatic heterocycles. The molecule has 148 valence electrons. The van der Waals surface area contributed by atoms with Gasteiger partial charge in [-0.3, -0.25) is 4.79 Å². The van der Waals surface area contributed by atoms with E-state index in [-0.39, 0.29) is 5.91 Å². The first-order chi connectivity index (χ1) is 14.6. The number of thiazole rings is 1. The number of aromatic nitrogens is 5. The fourth-order valence-electron chi connectivity index (χ4n) is 3.16. The van der Waals surface area contributed by atoms with Crippen LogP contribution in [0.3, 0.4) is 0 Å². The molecule has 7 nitrogen and oxygen atoms in total. The average Bonchev–Trinajstić information content (AvgIpc) is 3.47. The maximum absolute atomic E-state index is 12.5. The normalized spacial score (nSPS) is 11.1. The number of fused-ring (bicyclic) bond motifs is 1. The van der Waals surface area contributed by atoms with Crippen LogP contribution in [0.25, 0.3) is 27.6 Å². The molecular formula is C21H16N6OS2. The van der Waals surface area contributed by atoms with Crippen molar-refractivity contribution in [2.24, 2.45) is 0 Å². The van der Waals surface area contributed by atoms with Gasteiger partial charge in [-0.1, -0.05) is 18.2 Å². The van der Waals surface area contributed by atoms with Crippen molar-refractivity contribution in [3.63, 3.8) is 0 Å². The molecule has 30 heavy (non-hydrogen) atoms. The number of anilines is 1. The molecule has 0 atom stereocenters. The zero-order chi connectivity index (χ0) is 20.7. The Balaban J connectivity index is 1.41. The second-order valence-electron chi connectivity index (χ2n) is 6.67. The maximum atomic E-state index is 12.5. The maximum Gasteiger partial charge on any atom is 0.267 e. The van der Waals surface area contributed by atoms with Crippen molar-refractivity contribution in [3.8, 4) is 22.0 Å². The third kappa shape index (κ3) is 3.38. The third-order valence-corrected chi connectivity index (χ3v) is 6.49. The van der Waals surface area contributed by atoms with E-state index in [4.69, 9.17) is 5.10 Å². The van der Waals surface area contributed by atoms with Gasteiger partial charge in [0.1, 0.15) is 4.88 Å². The van der Waals surface area contributed by atoms with Gasteiger partial charge in [0, 0.05) is 11.3 Å². The van der Waals surface area contributed by atoms with E-state index in [0.717, 1.165) is 38.3 Å². The number of nitrogens with one attached hydrogen (secondary N) is 1. The Morgan fingerprint density at radius 3 is 2.57 bits per heavy atom. The van der Waals surface area contributed by atoms with E-state index in [9.17, 15) is 4.79 Å². The minimum atomic E-state index is -0.143. The number of carbonyl (C=O) groups excluding carboxylic acids is 1. The largest absolute Gasteiger partial charge is 0.321 e. The molecule has 1 amide bonds. The smallest absolute Gasteiger partial charge is 0.267 e. The number of aryl methyl sites for hydroxylation is 2. The van der Waals surface area contributed by atoms with Crippen molar-refractivity contribution in [1.29, 1.82) is 0 Å². The summed E-state index contributed by atoms with van der Waals surface area (Å²) in [5.41, 5.74) is 3.90. The van der Waals surface area contributed by atoms with Gasteiger partial charge in [0.2, 0.25) is 0 Å². The molecule has 5 aromatic rings. The molecule has 0 aliphatic rings. The number of hydrogen-bond donors (Lipinski definition) is 1. The molecule has 0 saturated carbocycles. The first-order valence-electron chi connectivity index (χ1n) is 9.20. The van der Waals surface area contributed by atoms with Crippen LogP contribution in [0.4, 0.5) is 5.69 Å². The molecule has 4 aromatic heterocycles. The van der Waals surface area contributed by atoms with Crippen LogP contribution in [0.2, 0.25) is 0 Å². The highest BCUT2D eigenvalue weighted by Gasteiger charge is 2.15. The van der Waals surface area contributed by atoms with Crippen molar-refractivity contribution in [1.82, 2.24) is 24.8 Å². The van der Waals surface area contributed by atoms with Crippen LogP contribution >= 0.6 is 22.7 Å². The Bertz CT molecular complexity index is 1350. The van der Waals surface area contributed by atoms with E-state index >= 15 is 0 Å². The second kappa shape index (κ2) is 7.43. The SMILES string of the molecule is Cc1nc(C)c(C(=O)Nc2ccc(-c3ccc4nnc(-c5cccs5)n4n3)cc2)s1. The first kappa shape index (κ1) is 18.6. The summed E-state index contributed by atoms with van der Waals surface area (Å²) in [7, 11) is 0. The van der Waals surface area contributed by atoms with Crippen molar-refractivity contribution < 1.29 is 4.79 Å². The van der Waals surface area contributed by atoms with E-state index in [2.05, 4.69) is 20.5 Å². The van der Waals surface area contributed by atoms with Gasteiger partial charge in [0.05, 0.1) is 21.3 Å². The minimum Gasteiger partial charge on any atom is -0.321 e. The number of carbonyl (C=O) groups is 1. The fraction of sp³-hybridized carbons (Fsp3) is 0.0952. The lowest BCUT2D eigenvalue weighted by Gasteiger charge is -2.06. The van der Waals surface area contributed by atoms with Crippen LogP contribution in [-0.2, 0) is 0 Å². The minimum absolute atomic E-state index is 0.143. The van der Waals surface area contributed by atoms with Crippen molar-refractivity contribution in [2.45, 2.75) is 13.8 Å². The highest BCUT2D eigenvalue weighted by molar-refractivity contribution is 7.14. The summed E-state index contributed by atoms with van der Waals surface area (Å²) in [6.07, 6.45) is 0. The number of benzene rings is 1. The van der Waals surface area contributed by atoms with Crippen molar-refractivity contribution in [3.05, 3.63) is 69.5 Å². The molecule has 0 fully saturated rings. The molecule has 4 heterocycles. The third-order valence-electron chi connectivity index (χ3n) is 4.55. The van der Waals surface area contributed by atoms with Gasteiger partial charge in [-0.25, -0.2) is 4.98 Å². The highest BCUT2D eigenvalue weighted by atomic mass is 32.1. The summed E-state index contributed by atoms with van der Waals surface area (Å²) in [5, 5.41) is 19.0. The first-order valence-corrected chi connectivity index (χ1v) is 10.9. The molecule has 0 radical (unpaired) electrons. The molecule has 9 heteroatoms. The molecular weight excluding hydrogens is 416 g/mol. The van der Waals surface area contributed by atoms with Gasteiger partial charge < -0.3 is 5.32 Å². The van der Waals surface area contributed by atoms with Crippen molar-refractivity contribution in [2.75, 3.05) is 5.32 Å². The van der Waals surface area contributed by atoms with Crippen LogP contribution in [0.1, 0.15) is 20.4 Å². The van der Waals surface area contributed by atoms with Crippen LogP contribution in [-0.4, -0.2) is 30.7 Å². The predicted octanol–water partition coefficient (Wildman–Crippen LogP) is 4.85. The Labute approximate surface area is 180 Å². The van der Waals surface area contributed by atoms with Crippen LogP contribution < -0.4 is 5.32 Å². The Kier molecular flexibility index (Phi) is 4.61. The Hall–Kier alpha value is -3.43. The van der Waals surface area contributed by atoms with Crippen LogP contribution in [0.15, 0.2) is 53.9 Å². The zero-order valence-electron chi connectivity index (χ0n) is 16.2. The van der Waals surface area contributed by atoms with E-state index in [1.54, 1.807) is 15.9 Å².